The van der Waals surface area contributed by atoms with Gasteiger partial charge in [0.2, 0.25) is 10.0 Å². The maximum Gasteiger partial charge on any atom is 0.316 e. The highest BCUT2D eigenvalue weighted by atomic mass is 32.2. The van der Waals surface area contributed by atoms with Gasteiger partial charge in [0.25, 0.3) is 0 Å². The third kappa shape index (κ3) is 3.27. The molecule has 0 unspecified atom stereocenters. The van der Waals surface area contributed by atoms with Gasteiger partial charge in [0.1, 0.15) is 0 Å². The Bertz CT molecular complexity index is 675. The molecule has 1 heterocycles. The largest absolute Gasteiger partial charge is 0.468 e. The van der Waals surface area contributed by atoms with Gasteiger partial charge in [-0.05, 0) is 56.5 Å². The van der Waals surface area contributed by atoms with Crippen molar-refractivity contribution in [2.24, 2.45) is 0 Å². The van der Waals surface area contributed by atoms with E-state index in [1.54, 1.807) is 24.3 Å². The number of methoxy groups -OCH3 is 1. The Hall–Kier alpha value is -1.44. The Balaban J connectivity index is 1.75. The third-order valence-electron chi connectivity index (χ3n) is 4.70. The van der Waals surface area contributed by atoms with Crippen molar-refractivity contribution >= 4 is 16.0 Å². The Morgan fingerprint density at radius 3 is 2.35 bits per heavy atom. The van der Waals surface area contributed by atoms with Gasteiger partial charge in [0.05, 0.1) is 17.4 Å². The van der Waals surface area contributed by atoms with Crippen LogP contribution >= 0.6 is 0 Å². The third-order valence-corrected chi connectivity index (χ3v) is 6.24. The Morgan fingerprint density at radius 1 is 1.22 bits per heavy atom. The van der Waals surface area contributed by atoms with E-state index in [4.69, 9.17) is 4.74 Å². The van der Waals surface area contributed by atoms with Gasteiger partial charge in [0.15, 0.2) is 0 Å². The molecule has 1 aliphatic carbocycles. The predicted molar refractivity (Wildman–Crippen MR) is 85.6 cm³/mol. The zero-order chi connectivity index (χ0) is 16.5. The fraction of sp³-hybridized carbons (Fsp3) is 0.562. The quantitative estimate of drug-likeness (QED) is 0.780. The zero-order valence-electron chi connectivity index (χ0n) is 13.2. The molecule has 0 spiro atoms. The van der Waals surface area contributed by atoms with Gasteiger partial charge in [-0.25, -0.2) is 13.1 Å². The number of carbonyl (C=O) groups excluding carboxylic acids is 1. The van der Waals surface area contributed by atoms with Gasteiger partial charge in [-0.2, -0.15) is 0 Å². The van der Waals surface area contributed by atoms with Gasteiger partial charge < -0.3 is 10.1 Å². The number of rotatable bonds is 5. The number of piperidine rings is 1. The van der Waals surface area contributed by atoms with E-state index in [-0.39, 0.29) is 16.9 Å². The summed E-state index contributed by atoms with van der Waals surface area (Å²) in [5.41, 5.74) is 0.254. The van der Waals surface area contributed by atoms with Crippen molar-refractivity contribution in [3.63, 3.8) is 0 Å². The second-order valence-corrected chi connectivity index (χ2v) is 7.96. The van der Waals surface area contributed by atoms with Crippen LogP contribution in [-0.2, 0) is 25.0 Å². The van der Waals surface area contributed by atoms with E-state index in [2.05, 4.69) is 10.0 Å². The first-order valence-corrected chi connectivity index (χ1v) is 9.38. The Labute approximate surface area is 136 Å². The lowest BCUT2D eigenvalue weighted by Gasteiger charge is -2.23. The van der Waals surface area contributed by atoms with Crippen molar-refractivity contribution in [2.75, 3.05) is 20.2 Å². The molecule has 6 nitrogen and oxygen atoms in total. The molecule has 2 aliphatic rings. The molecule has 1 saturated carbocycles. The molecule has 0 amide bonds. The van der Waals surface area contributed by atoms with Crippen molar-refractivity contribution < 1.29 is 17.9 Å². The average Bonchev–Trinajstić information content (AvgIpc) is 3.37. The van der Waals surface area contributed by atoms with Gasteiger partial charge in [0, 0.05) is 6.04 Å². The molecule has 1 saturated heterocycles. The summed E-state index contributed by atoms with van der Waals surface area (Å²) in [5.74, 6) is -0.249. The van der Waals surface area contributed by atoms with Crippen LogP contribution in [0.5, 0.6) is 0 Å². The molecule has 0 bridgehead atoms. The summed E-state index contributed by atoms with van der Waals surface area (Å²) in [6, 6.07) is 6.57. The monoisotopic (exact) mass is 338 g/mol. The van der Waals surface area contributed by atoms with Crippen molar-refractivity contribution in [1.82, 2.24) is 10.0 Å². The second-order valence-electron chi connectivity index (χ2n) is 6.24. The summed E-state index contributed by atoms with van der Waals surface area (Å²) in [6.07, 6.45) is 3.09. The Kier molecular flexibility index (Phi) is 4.44. The van der Waals surface area contributed by atoms with E-state index in [1.165, 1.54) is 7.11 Å². The first kappa shape index (κ1) is 16.4. The van der Waals surface area contributed by atoms with Crippen LogP contribution in [0.25, 0.3) is 0 Å². The van der Waals surface area contributed by atoms with Crippen molar-refractivity contribution in [3.05, 3.63) is 29.8 Å². The lowest BCUT2D eigenvalue weighted by Crippen LogP contribution is -2.42. The van der Waals surface area contributed by atoms with Crippen LogP contribution in [0.1, 0.15) is 31.2 Å². The van der Waals surface area contributed by atoms with Crippen molar-refractivity contribution in [1.29, 1.82) is 0 Å². The van der Waals surface area contributed by atoms with Crippen molar-refractivity contribution in [3.8, 4) is 0 Å². The van der Waals surface area contributed by atoms with Crippen LogP contribution in [-0.4, -0.2) is 40.6 Å². The number of sulfonamides is 1. The van der Waals surface area contributed by atoms with Gasteiger partial charge >= 0.3 is 5.97 Å². The van der Waals surface area contributed by atoms with Crippen LogP contribution in [0.2, 0.25) is 0 Å². The molecule has 3 rings (SSSR count). The van der Waals surface area contributed by atoms with E-state index in [1.807, 2.05) is 0 Å². The molecular weight excluding hydrogens is 316 g/mol. The minimum absolute atomic E-state index is 0.0224. The summed E-state index contributed by atoms with van der Waals surface area (Å²) in [4.78, 5) is 12.1. The highest BCUT2D eigenvalue weighted by Crippen LogP contribution is 2.49. The molecule has 0 aromatic heterocycles. The summed E-state index contributed by atoms with van der Waals surface area (Å²) in [6.45, 7) is 1.65. The number of benzene rings is 1. The average molecular weight is 338 g/mol. The maximum atomic E-state index is 12.4. The number of hydrogen-bond acceptors (Lipinski definition) is 5. The van der Waals surface area contributed by atoms with Crippen molar-refractivity contribution in [2.45, 2.75) is 42.0 Å². The molecule has 1 aliphatic heterocycles. The predicted octanol–water partition coefficient (Wildman–Crippen LogP) is 0.921. The maximum absolute atomic E-state index is 12.4. The number of nitrogens with one attached hydrogen (secondary N) is 2. The standard InChI is InChI=1S/C16H22N2O4S/c1-22-15(19)16(8-9-16)12-2-4-14(5-3-12)23(20,21)18-13-6-10-17-11-7-13/h2-5,13,17-18H,6-11H2,1H3. The van der Waals surface area contributed by atoms with E-state index in [0.717, 1.165) is 44.3 Å². The molecule has 1 aromatic rings. The summed E-state index contributed by atoms with van der Waals surface area (Å²) < 4.78 is 32.5. The highest BCUT2D eigenvalue weighted by Gasteiger charge is 2.52. The first-order valence-electron chi connectivity index (χ1n) is 7.90. The lowest BCUT2D eigenvalue weighted by molar-refractivity contribution is -0.143. The minimum Gasteiger partial charge on any atom is -0.468 e. The fourth-order valence-electron chi connectivity index (χ4n) is 3.11. The van der Waals surface area contributed by atoms with Crippen LogP contribution in [0.4, 0.5) is 0 Å². The summed E-state index contributed by atoms with van der Waals surface area (Å²) in [7, 11) is -2.14. The molecule has 2 fully saturated rings. The molecule has 1 aromatic carbocycles. The molecule has 7 heteroatoms. The molecule has 2 N–H and O–H groups in total. The van der Waals surface area contributed by atoms with Gasteiger partial charge in [-0.15, -0.1) is 0 Å². The number of carbonyl (C=O) groups is 1. The summed E-state index contributed by atoms with van der Waals surface area (Å²) in [5, 5.41) is 3.21. The topological polar surface area (TPSA) is 84.5 Å². The van der Waals surface area contributed by atoms with Crippen LogP contribution in [0, 0.1) is 0 Å². The molecule has 0 radical (unpaired) electrons. The number of esters is 1. The molecule has 126 valence electrons. The highest BCUT2D eigenvalue weighted by molar-refractivity contribution is 7.89. The normalized spacial score (nSPS) is 20.9. The van der Waals surface area contributed by atoms with E-state index in [9.17, 15) is 13.2 Å². The Morgan fingerprint density at radius 2 is 1.83 bits per heavy atom. The lowest BCUT2D eigenvalue weighted by atomic mass is 9.96. The smallest absolute Gasteiger partial charge is 0.316 e. The summed E-state index contributed by atoms with van der Waals surface area (Å²) >= 11 is 0. The molecule has 0 atom stereocenters. The minimum atomic E-state index is -3.52. The number of hydrogen-bond donors (Lipinski definition) is 2. The van der Waals surface area contributed by atoms with Crippen LogP contribution < -0.4 is 10.0 Å². The van der Waals surface area contributed by atoms with E-state index in [0.29, 0.717) is 0 Å². The first-order chi connectivity index (χ1) is 11.0. The molecule has 23 heavy (non-hydrogen) atoms. The SMILES string of the molecule is COC(=O)C1(c2ccc(S(=O)(=O)NC3CCNCC3)cc2)CC1. The zero-order valence-corrected chi connectivity index (χ0v) is 14.0. The van der Waals surface area contributed by atoms with Crippen LogP contribution in [0.3, 0.4) is 0 Å². The number of ether oxygens (including phenoxy) is 1. The van der Waals surface area contributed by atoms with Crippen LogP contribution in [0.15, 0.2) is 29.2 Å². The van der Waals surface area contributed by atoms with Gasteiger partial charge in [-0.3, -0.25) is 4.79 Å². The van der Waals surface area contributed by atoms with E-state index < -0.39 is 15.4 Å². The van der Waals surface area contributed by atoms with E-state index >= 15 is 0 Å². The second kappa shape index (κ2) is 6.22. The molecular formula is C16H22N2O4S. The van der Waals surface area contributed by atoms with Gasteiger partial charge in [-0.1, -0.05) is 12.1 Å². The fourth-order valence-corrected chi connectivity index (χ4v) is 4.42.